The van der Waals surface area contributed by atoms with Crippen molar-refractivity contribution in [3.05, 3.63) is 59.1 Å². The number of carbonyl (C=O) groups excluding carboxylic acids is 2. The Bertz CT molecular complexity index is 819. The van der Waals surface area contributed by atoms with E-state index in [1.165, 1.54) is 0 Å². The normalized spacial score (nSPS) is 11.4. The summed E-state index contributed by atoms with van der Waals surface area (Å²) < 4.78 is 10.9. The van der Waals surface area contributed by atoms with E-state index in [0.29, 0.717) is 35.1 Å². The van der Waals surface area contributed by atoms with E-state index in [-0.39, 0.29) is 18.4 Å². The Hall–Kier alpha value is -2.38. The molecule has 6 nitrogen and oxygen atoms in total. The molecule has 0 unspecified atom stereocenters. The summed E-state index contributed by atoms with van der Waals surface area (Å²) in [6.07, 6.45) is 2.46. The van der Waals surface area contributed by atoms with Crippen LogP contribution in [0.2, 0.25) is 5.02 Å². The fourth-order valence-electron chi connectivity index (χ4n) is 2.58. The van der Waals surface area contributed by atoms with Crippen LogP contribution in [0, 0.1) is 0 Å². The van der Waals surface area contributed by atoms with Crippen molar-refractivity contribution in [2.24, 2.45) is 0 Å². The summed E-state index contributed by atoms with van der Waals surface area (Å²) in [6, 6.07) is 13.4. The second kappa shape index (κ2) is 12.2. The van der Waals surface area contributed by atoms with Gasteiger partial charge in [-0.2, -0.15) is 11.8 Å². The van der Waals surface area contributed by atoms with Crippen LogP contribution >= 0.6 is 23.4 Å². The zero-order valence-corrected chi connectivity index (χ0v) is 18.0. The van der Waals surface area contributed by atoms with Crippen molar-refractivity contribution in [2.75, 3.05) is 32.3 Å². The van der Waals surface area contributed by atoms with Crippen LogP contribution < -0.4 is 20.1 Å². The summed E-state index contributed by atoms with van der Waals surface area (Å²) >= 11 is 7.69. The summed E-state index contributed by atoms with van der Waals surface area (Å²) in [4.78, 5) is 25.1. The van der Waals surface area contributed by atoms with Gasteiger partial charge in [-0.25, -0.2) is 0 Å². The number of halogens is 1. The largest absolute Gasteiger partial charge is 0.493 e. The van der Waals surface area contributed by atoms with Crippen LogP contribution in [-0.4, -0.2) is 50.1 Å². The number of carbonyl (C=O) groups is 2. The van der Waals surface area contributed by atoms with E-state index in [9.17, 15) is 9.59 Å². The summed E-state index contributed by atoms with van der Waals surface area (Å²) in [5, 5.41) is 5.93. The van der Waals surface area contributed by atoms with E-state index in [1.54, 1.807) is 55.3 Å². The van der Waals surface area contributed by atoms with Crippen LogP contribution in [0.3, 0.4) is 0 Å². The Balaban J connectivity index is 1.89. The Labute approximate surface area is 180 Å². The van der Waals surface area contributed by atoms with Gasteiger partial charge in [0.05, 0.1) is 24.2 Å². The molecule has 2 aromatic rings. The highest BCUT2D eigenvalue weighted by Crippen LogP contribution is 2.25. The minimum atomic E-state index is -0.655. The zero-order chi connectivity index (χ0) is 21.1. The molecule has 0 aromatic heterocycles. The molecule has 29 heavy (non-hydrogen) atoms. The van der Waals surface area contributed by atoms with Crippen LogP contribution in [0.15, 0.2) is 48.5 Å². The highest BCUT2D eigenvalue weighted by Gasteiger charge is 2.21. The second-order valence-corrected chi connectivity index (χ2v) is 7.47. The molecule has 1 atom stereocenters. The first-order chi connectivity index (χ1) is 14.1. The van der Waals surface area contributed by atoms with Gasteiger partial charge in [-0.05, 0) is 42.7 Å². The van der Waals surface area contributed by atoms with Crippen LogP contribution in [0.5, 0.6) is 11.5 Å². The molecule has 0 aliphatic carbocycles. The van der Waals surface area contributed by atoms with Gasteiger partial charge in [0.15, 0.2) is 11.5 Å². The van der Waals surface area contributed by atoms with Gasteiger partial charge < -0.3 is 20.1 Å². The maximum atomic E-state index is 12.6. The number of nitrogens with one attached hydrogen (secondary N) is 2. The van der Waals surface area contributed by atoms with Gasteiger partial charge in [-0.15, -0.1) is 0 Å². The molecule has 2 N–H and O–H groups in total. The van der Waals surface area contributed by atoms with Gasteiger partial charge in [0, 0.05) is 0 Å². The molecule has 0 saturated carbocycles. The van der Waals surface area contributed by atoms with E-state index in [2.05, 4.69) is 10.6 Å². The van der Waals surface area contributed by atoms with Gasteiger partial charge in [-0.1, -0.05) is 35.9 Å². The van der Waals surface area contributed by atoms with Crippen LogP contribution in [0.1, 0.15) is 16.8 Å². The van der Waals surface area contributed by atoms with Gasteiger partial charge in [-0.3, -0.25) is 9.59 Å². The Morgan fingerprint density at radius 1 is 1.10 bits per heavy atom. The molecule has 0 fully saturated rings. The highest BCUT2D eigenvalue weighted by atomic mass is 35.5. The van der Waals surface area contributed by atoms with Gasteiger partial charge >= 0.3 is 0 Å². The first kappa shape index (κ1) is 22.9. The van der Waals surface area contributed by atoms with Gasteiger partial charge in [0.2, 0.25) is 5.91 Å². The second-order valence-electron chi connectivity index (χ2n) is 6.08. The Morgan fingerprint density at radius 3 is 2.48 bits per heavy atom. The number of hydrogen-bond acceptors (Lipinski definition) is 5. The quantitative estimate of drug-likeness (QED) is 0.528. The number of hydrogen-bond donors (Lipinski definition) is 2. The number of ether oxygens (including phenoxy) is 2. The highest BCUT2D eigenvalue weighted by molar-refractivity contribution is 7.98. The average molecular weight is 437 g/mol. The molecule has 156 valence electrons. The number of rotatable bonds is 11. The number of thioether (sulfide) groups is 1. The number of amides is 2. The maximum Gasteiger partial charge on any atom is 0.253 e. The molecule has 0 saturated heterocycles. The lowest BCUT2D eigenvalue weighted by Gasteiger charge is -2.19. The van der Waals surface area contributed by atoms with Crippen molar-refractivity contribution in [2.45, 2.75) is 12.5 Å². The van der Waals surface area contributed by atoms with Crippen molar-refractivity contribution in [1.82, 2.24) is 10.6 Å². The van der Waals surface area contributed by atoms with Gasteiger partial charge in [0.1, 0.15) is 12.6 Å². The van der Waals surface area contributed by atoms with E-state index in [1.807, 2.05) is 18.4 Å². The van der Waals surface area contributed by atoms with Crippen molar-refractivity contribution in [3.8, 4) is 11.5 Å². The third kappa shape index (κ3) is 7.18. The summed E-state index contributed by atoms with van der Waals surface area (Å²) in [7, 11) is 1.57. The zero-order valence-electron chi connectivity index (χ0n) is 16.4. The Morgan fingerprint density at radius 2 is 1.79 bits per heavy atom. The van der Waals surface area contributed by atoms with Gasteiger partial charge in [0.25, 0.3) is 5.91 Å². The van der Waals surface area contributed by atoms with E-state index >= 15 is 0 Å². The van der Waals surface area contributed by atoms with Crippen LogP contribution in [-0.2, 0) is 4.79 Å². The maximum absolute atomic E-state index is 12.6. The van der Waals surface area contributed by atoms with Crippen molar-refractivity contribution in [3.63, 3.8) is 0 Å². The number of benzene rings is 2. The number of methoxy groups -OCH3 is 1. The molecule has 2 rings (SSSR count). The lowest BCUT2D eigenvalue weighted by molar-refractivity contribution is -0.123. The summed E-state index contributed by atoms with van der Waals surface area (Å²) in [6.45, 7) is 0.578. The lowest BCUT2D eigenvalue weighted by Crippen LogP contribution is -2.48. The molecular formula is C21H25ClN2O4S. The first-order valence-corrected chi connectivity index (χ1v) is 10.9. The molecule has 2 amide bonds. The Kier molecular flexibility index (Phi) is 9.67. The van der Waals surface area contributed by atoms with Crippen LogP contribution in [0.4, 0.5) is 0 Å². The van der Waals surface area contributed by atoms with Crippen molar-refractivity contribution < 1.29 is 19.1 Å². The molecule has 0 bridgehead atoms. The third-order valence-corrected chi connectivity index (χ3v) is 5.05. The third-order valence-electron chi connectivity index (χ3n) is 4.08. The van der Waals surface area contributed by atoms with E-state index < -0.39 is 6.04 Å². The molecule has 0 heterocycles. The predicted octanol–water partition coefficient (Wildman–Crippen LogP) is 3.40. The smallest absolute Gasteiger partial charge is 0.253 e. The molecule has 0 aliphatic rings. The van der Waals surface area contributed by atoms with E-state index in [4.69, 9.17) is 21.1 Å². The monoisotopic (exact) mass is 436 g/mol. The molecule has 0 radical (unpaired) electrons. The average Bonchev–Trinajstić information content (AvgIpc) is 2.74. The topological polar surface area (TPSA) is 76.7 Å². The molecule has 8 heteroatoms. The van der Waals surface area contributed by atoms with Crippen LogP contribution in [0.25, 0.3) is 0 Å². The van der Waals surface area contributed by atoms with Crippen molar-refractivity contribution in [1.29, 1.82) is 0 Å². The molecule has 2 aromatic carbocycles. The van der Waals surface area contributed by atoms with E-state index in [0.717, 1.165) is 5.75 Å². The minimum absolute atomic E-state index is 0.261. The first-order valence-electron chi connectivity index (χ1n) is 9.14. The fourth-order valence-corrected chi connectivity index (χ4v) is 3.28. The summed E-state index contributed by atoms with van der Waals surface area (Å²) in [5.74, 6) is 1.34. The molecule has 0 aliphatic heterocycles. The minimum Gasteiger partial charge on any atom is -0.493 e. The van der Waals surface area contributed by atoms with Crippen molar-refractivity contribution >= 4 is 35.2 Å². The standard InChI is InChI=1S/C21H25ClN2O4S/c1-27-18-9-5-6-10-19(18)28-13-12-23-21(26)17(11-14-29-2)24-20(25)15-7-3-4-8-16(15)22/h3-10,17H,11-14H2,1-2H3,(H,23,26)(H,24,25)/t17-/m1/s1. The number of para-hydroxylation sites is 2. The molecule has 0 spiro atoms. The summed E-state index contributed by atoms with van der Waals surface area (Å²) in [5.41, 5.74) is 0.343. The fraction of sp³-hybridized carbons (Fsp3) is 0.333. The lowest BCUT2D eigenvalue weighted by atomic mass is 10.1. The SMILES string of the molecule is COc1ccccc1OCCNC(=O)[C@@H](CCSC)NC(=O)c1ccccc1Cl. The predicted molar refractivity (Wildman–Crippen MR) is 117 cm³/mol. The molecular weight excluding hydrogens is 412 g/mol.